The average molecular weight is 252 g/mol. The number of carbonyl (C=O) groups excluding carboxylic acids is 1. The highest BCUT2D eigenvalue weighted by Crippen LogP contribution is 2.08. The molecule has 0 heterocycles. The van der Waals surface area contributed by atoms with Gasteiger partial charge >= 0.3 is 0 Å². The Balaban J connectivity index is 2.23. The van der Waals surface area contributed by atoms with E-state index >= 15 is 0 Å². The minimum absolute atomic E-state index is 0.124. The lowest BCUT2D eigenvalue weighted by molar-refractivity contribution is -0.121. The lowest BCUT2D eigenvalue weighted by Crippen LogP contribution is -2.41. The highest BCUT2D eigenvalue weighted by Gasteiger charge is 2.09. The van der Waals surface area contributed by atoms with Gasteiger partial charge in [0, 0.05) is 0 Å². The van der Waals surface area contributed by atoms with Crippen LogP contribution in [0.15, 0.2) is 30.3 Å². The predicted octanol–water partition coefficient (Wildman–Crippen LogP) is 1.25. The topological polar surface area (TPSA) is 64.3 Å². The second-order valence-corrected chi connectivity index (χ2v) is 4.07. The van der Waals surface area contributed by atoms with Crippen LogP contribution in [0.2, 0.25) is 0 Å². The van der Waals surface area contributed by atoms with Crippen LogP contribution in [0.4, 0.5) is 0 Å². The summed E-state index contributed by atoms with van der Waals surface area (Å²) in [5.41, 5.74) is 5.39. The van der Waals surface area contributed by atoms with Crippen molar-refractivity contribution in [2.45, 2.75) is 19.4 Å². The van der Waals surface area contributed by atoms with Gasteiger partial charge in [-0.15, -0.1) is 0 Å². The summed E-state index contributed by atoms with van der Waals surface area (Å²) in [5.74, 6) is 0.629. The fourth-order valence-corrected chi connectivity index (χ4v) is 1.22. The number of benzene rings is 1. The molecule has 1 unspecified atom stereocenters. The van der Waals surface area contributed by atoms with Gasteiger partial charge in [-0.2, -0.15) is 0 Å². The number of amides is 1. The number of rotatable bonds is 6. The molecule has 1 rings (SSSR count). The molecule has 1 atom stereocenters. The zero-order valence-corrected chi connectivity index (χ0v) is 10.5. The Morgan fingerprint density at radius 2 is 2.12 bits per heavy atom. The molecular formula is C12H16N2O2S. The lowest BCUT2D eigenvalue weighted by atomic mass is 10.3. The summed E-state index contributed by atoms with van der Waals surface area (Å²) >= 11 is 4.76. The lowest BCUT2D eigenvalue weighted by Gasteiger charge is -2.12. The number of para-hydroxylation sites is 1. The Bertz CT molecular complexity index is 381. The van der Waals surface area contributed by atoms with Gasteiger partial charge in [-0.3, -0.25) is 4.79 Å². The third-order valence-electron chi connectivity index (χ3n) is 2.15. The molecule has 92 valence electrons. The van der Waals surface area contributed by atoms with Crippen molar-refractivity contribution in [3.8, 4) is 5.75 Å². The Morgan fingerprint density at radius 3 is 2.71 bits per heavy atom. The number of thiocarbonyl (C=S) groups is 1. The van der Waals surface area contributed by atoms with Crippen LogP contribution >= 0.6 is 12.2 Å². The highest BCUT2D eigenvalue weighted by atomic mass is 32.1. The Labute approximate surface area is 106 Å². The first-order valence-corrected chi connectivity index (χ1v) is 5.77. The minimum atomic E-state index is -0.283. The molecule has 4 nitrogen and oxygen atoms in total. The van der Waals surface area contributed by atoms with Crippen molar-refractivity contribution in [1.82, 2.24) is 5.32 Å². The largest absolute Gasteiger partial charge is 0.493 e. The standard InChI is InChI=1S/C12H16N2O2S/c1-9(12(13)17)14-11(15)7-8-16-10-5-3-2-4-6-10/h2-6,9H,7-8H2,1H3,(H2,13,17)(H,14,15). The molecule has 1 aromatic carbocycles. The molecular weight excluding hydrogens is 236 g/mol. The Hall–Kier alpha value is -1.62. The molecule has 0 aromatic heterocycles. The van der Waals surface area contributed by atoms with Gasteiger partial charge < -0.3 is 15.8 Å². The molecule has 1 aromatic rings. The maximum atomic E-state index is 11.4. The first kappa shape index (κ1) is 13.4. The van der Waals surface area contributed by atoms with E-state index in [1.54, 1.807) is 6.92 Å². The molecule has 0 bridgehead atoms. The van der Waals surface area contributed by atoms with Crippen molar-refractivity contribution >= 4 is 23.1 Å². The van der Waals surface area contributed by atoms with Gasteiger partial charge in [0.1, 0.15) is 5.75 Å². The number of nitrogens with one attached hydrogen (secondary N) is 1. The fraction of sp³-hybridized carbons (Fsp3) is 0.333. The van der Waals surface area contributed by atoms with E-state index < -0.39 is 0 Å². The van der Waals surface area contributed by atoms with Crippen molar-refractivity contribution in [2.24, 2.45) is 5.73 Å². The van der Waals surface area contributed by atoms with E-state index in [0.717, 1.165) is 5.75 Å². The number of hydrogen-bond donors (Lipinski definition) is 2. The van der Waals surface area contributed by atoms with Crippen molar-refractivity contribution < 1.29 is 9.53 Å². The van der Waals surface area contributed by atoms with Gasteiger partial charge in [0.25, 0.3) is 0 Å². The van der Waals surface area contributed by atoms with E-state index in [9.17, 15) is 4.79 Å². The molecule has 0 fully saturated rings. The van der Waals surface area contributed by atoms with E-state index in [2.05, 4.69) is 5.32 Å². The van der Waals surface area contributed by atoms with Crippen LogP contribution in [0.3, 0.4) is 0 Å². The quantitative estimate of drug-likeness (QED) is 0.748. The van der Waals surface area contributed by atoms with Crippen LogP contribution in [0.1, 0.15) is 13.3 Å². The molecule has 0 aliphatic heterocycles. The minimum Gasteiger partial charge on any atom is -0.493 e. The third kappa shape index (κ3) is 5.31. The number of carbonyl (C=O) groups is 1. The summed E-state index contributed by atoms with van der Waals surface area (Å²) in [6, 6.07) is 9.07. The maximum Gasteiger partial charge on any atom is 0.223 e. The normalized spacial score (nSPS) is 11.6. The van der Waals surface area contributed by atoms with Gasteiger partial charge in [-0.05, 0) is 19.1 Å². The maximum absolute atomic E-state index is 11.4. The zero-order chi connectivity index (χ0) is 12.7. The zero-order valence-electron chi connectivity index (χ0n) is 9.68. The van der Waals surface area contributed by atoms with Crippen molar-refractivity contribution in [3.05, 3.63) is 30.3 Å². The summed E-state index contributed by atoms with van der Waals surface area (Å²) in [6.07, 6.45) is 0.280. The first-order chi connectivity index (χ1) is 8.09. The van der Waals surface area contributed by atoms with E-state index in [0.29, 0.717) is 6.61 Å². The van der Waals surface area contributed by atoms with E-state index in [1.807, 2.05) is 30.3 Å². The second kappa shape index (κ2) is 6.85. The molecule has 0 saturated carbocycles. The van der Waals surface area contributed by atoms with E-state index in [1.165, 1.54) is 0 Å². The third-order valence-corrected chi connectivity index (χ3v) is 2.50. The Morgan fingerprint density at radius 1 is 1.47 bits per heavy atom. The predicted molar refractivity (Wildman–Crippen MR) is 70.9 cm³/mol. The molecule has 0 aliphatic carbocycles. The number of ether oxygens (including phenoxy) is 1. The van der Waals surface area contributed by atoms with Gasteiger partial charge in [0.2, 0.25) is 5.91 Å². The van der Waals surface area contributed by atoms with Crippen LogP contribution in [-0.2, 0) is 4.79 Å². The molecule has 5 heteroatoms. The van der Waals surface area contributed by atoms with E-state index in [-0.39, 0.29) is 23.4 Å². The van der Waals surface area contributed by atoms with Gasteiger partial charge in [0.15, 0.2) is 0 Å². The number of hydrogen-bond acceptors (Lipinski definition) is 3. The number of nitrogens with two attached hydrogens (primary N) is 1. The van der Waals surface area contributed by atoms with Crippen molar-refractivity contribution in [3.63, 3.8) is 0 Å². The van der Waals surface area contributed by atoms with E-state index in [4.69, 9.17) is 22.7 Å². The smallest absolute Gasteiger partial charge is 0.223 e. The first-order valence-electron chi connectivity index (χ1n) is 5.36. The summed E-state index contributed by atoms with van der Waals surface area (Å²) in [6.45, 7) is 2.08. The summed E-state index contributed by atoms with van der Waals surface area (Å²) in [4.78, 5) is 11.7. The van der Waals surface area contributed by atoms with Crippen LogP contribution in [-0.4, -0.2) is 23.5 Å². The molecule has 0 saturated heterocycles. The average Bonchev–Trinajstić information content (AvgIpc) is 2.30. The van der Waals surface area contributed by atoms with Crippen LogP contribution < -0.4 is 15.8 Å². The highest BCUT2D eigenvalue weighted by molar-refractivity contribution is 7.80. The van der Waals surface area contributed by atoms with Gasteiger partial charge in [-0.25, -0.2) is 0 Å². The molecule has 0 spiro atoms. The van der Waals surface area contributed by atoms with Crippen molar-refractivity contribution in [2.75, 3.05) is 6.61 Å². The molecule has 1 amide bonds. The van der Waals surface area contributed by atoms with Crippen LogP contribution in [0.5, 0.6) is 5.75 Å². The summed E-state index contributed by atoms with van der Waals surface area (Å²) in [7, 11) is 0. The van der Waals surface area contributed by atoms with Crippen LogP contribution in [0.25, 0.3) is 0 Å². The second-order valence-electron chi connectivity index (χ2n) is 3.60. The molecule has 3 N–H and O–H groups in total. The monoisotopic (exact) mass is 252 g/mol. The van der Waals surface area contributed by atoms with Gasteiger partial charge in [0.05, 0.1) is 24.1 Å². The Kier molecular flexibility index (Phi) is 5.42. The van der Waals surface area contributed by atoms with Crippen molar-refractivity contribution in [1.29, 1.82) is 0 Å². The van der Waals surface area contributed by atoms with Gasteiger partial charge in [-0.1, -0.05) is 30.4 Å². The summed E-state index contributed by atoms with van der Waals surface area (Å²) in [5, 5.41) is 2.68. The SMILES string of the molecule is CC(NC(=O)CCOc1ccccc1)C(N)=S. The molecule has 17 heavy (non-hydrogen) atoms. The molecule has 0 radical (unpaired) electrons. The fourth-order valence-electron chi connectivity index (χ4n) is 1.16. The molecule has 0 aliphatic rings. The summed E-state index contributed by atoms with van der Waals surface area (Å²) < 4.78 is 5.39. The van der Waals surface area contributed by atoms with Crippen LogP contribution in [0, 0.1) is 0 Å².